The maximum Gasteiger partial charge on any atom is 0.123 e. The number of aromatic nitrogens is 3. The summed E-state index contributed by atoms with van der Waals surface area (Å²) in [6, 6.07) is 7.30. The summed E-state index contributed by atoms with van der Waals surface area (Å²) in [6.07, 6.45) is 11.0. The third-order valence-corrected chi connectivity index (χ3v) is 5.57. The van der Waals surface area contributed by atoms with E-state index < -0.39 is 0 Å². The van der Waals surface area contributed by atoms with Crippen molar-refractivity contribution >= 4 is 0 Å². The lowest BCUT2D eigenvalue weighted by atomic mass is 10.1. The quantitative estimate of drug-likeness (QED) is 0.866. The average molecular weight is 325 g/mol. The third kappa shape index (κ3) is 3.23. The lowest BCUT2D eigenvalue weighted by molar-refractivity contribution is 0.203. The van der Waals surface area contributed by atoms with E-state index in [9.17, 15) is 0 Å². The van der Waals surface area contributed by atoms with Gasteiger partial charge in [0.15, 0.2) is 0 Å². The smallest absolute Gasteiger partial charge is 0.123 e. The number of imidazole rings is 1. The van der Waals surface area contributed by atoms with Crippen molar-refractivity contribution in [2.45, 2.75) is 44.3 Å². The van der Waals surface area contributed by atoms with Gasteiger partial charge in [0, 0.05) is 24.6 Å². The van der Waals surface area contributed by atoms with Gasteiger partial charge >= 0.3 is 0 Å². The first-order valence-corrected chi connectivity index (χ1v) is 9.16. The van der Waals surface area contributed by atoms with Gasteiger partial charge in [-0.2, -0.15) is 0 Å². The second-order valence-corrected chi connectivity index (χ2v) is 7.17. The van der Waals surface area contributed by atoms with Gasteiger partial charge in [-0.05, 0) is 64.5 Å². The minimum Gasteiger partial charge on any atom is -0.331 e. The molecule has 0 aromatic carbocycles. The van der Waals surface area contributed by atoms with Gasteiger partial charge in [-0.1, -0.05) is 6.07 Å². The van der Waals surface area contributed by atoms with Gasteiger partial charge in [-0.15, -0.1) is 0 Å². The molecule has 0 amide bonds. The molecule has 24 heavy (non-hydrogen) atoms. The molecule has 0 saturated carbocycles. The standard InChI is InChI=1S/C19H27N5/c1-22-12-7-16(8-13-22)24-14-10-21-19(24)15-23-11-4-6-18(23)17-5-2-3-9-20-17/h2-3,5,9-10,14,16,18H,4,6-8,11-13,15H2,1H3. The minimum absolute atomic E-state index is 0.439. The fraction of sp³-hybridized carbons (Fsp3) is 0.579. The molecule has 5 nitrogen and oxygen atoms in total. The molecule has 4 rings (SSSR count). The highest BCUT2D eigenvalue weighted by molar-refractivity contribution is 5.11. The van der Waals surface area contributed by atoms with Crippen molar-refractivity contribution in [1.29, 1.82) is 0 Å². The summed E-state index contributed by atoms with van der Waals surface area (Å²) in [5.41, 5.74) is 1.20. The van der Waals surface area contributed by atoms with Crippen LogP contribution in [-0.2, 0) is 6.54 Å². The number of nitrogens with zero attached hydrogens (tertiary/aromatic N) is 5. The van der Waals surface area contributed by atoms with Crippen molar-refractivity contribution in [3.63, 3.8) is 0 Å². The monoisotopic (exact) mass is 325 g/mol. The van der Waals surface area contributed by atoms with E-state index in [-0.39, 0.29) is 0 Å². The van der Waals surface area contributed by atoms with Crippen molar-refractivity contribution < 1.29 is 0 Å². The summed E-state index contributed by atoms with van der Waals surface area (Å²) in [6.45, 7) is 4.44. The van der Waals surface area contributed by atoms with Crippen LogP contribution in [0.25, 0.3) is 0 Å². The topological polar surface area (TPSA) is 37.2 Å². The number of hydrogen-bond donors (Lipinski definition) is 0. The second-order valence-electron chi connectivity index (χ2n) is 7.17. The predicted octanol–water partition coefficient (Wildman–Crippen LogP) is 2.88. The molecular formula is C19H27N5. The minimum atomic E-state index is 0.439. The van der Waals surface area contributed by atoms with Crippen LogP contribution in [0, 0.1) is 0 Å². The maximum absolute atomic E-state index is 4.69. The molecule has 0 bridgehead atoms. The Morgan fingerprint density at radius 2 is 1.92 bits per heavy atom. The zero-order valence-corrected chi connectivity index (χ0v) is 14.5. The zero-order valence-electron chi connectivity index (χ0n) is 14.5. The number of pyridine rings is 1. The van der Waals surface area contributed by atoms with Crippen LogP contribution in [0.1, 0.15) is 49.3 Å². The summed E-state index contributed by atoms with van der Waals surface area (Å²) in [4.78, 5) is 14.2. The fourth-order valence-electron chi connectivity index (χ4n) is 4.18. The molecule has 2 aromatic heterocycles. The summed E-state index contributed by atoms with van der Waals surface area (Å²) >= 11 is 0. The first-order valence-electron chi connectivity index (χ1n) is 9.16. The molecule has 4 heterocycles. The van der Waals surface area contributed by atoms with E-state index >= 15 is 0 Å². The molecule has 1 unspecified atom stereocenters. The third-order valence-electron chi connectivity index (χ3n) is 5.57. The number of hydrogen-bond acceptors (Lipinski definition) is 4. The van der Waals surface area contributed by atoms with Crippen molar-refractivity contribution in [2.75, 3.05) is 26.7 Å². The van der Waals surface area contributed by atoms with E-state index in [0.29, 0.717) is 12.1 Å². The SMILES string of the molecule is CN1CCC(n2ccnc2CN2CCCC2c2ccccn2)CC1. The molecule has 128 valence electrons. The van der Waals surface area contributed by atoms with Gasteiger partial charge in [0.1, 0.15) is 5.82 Å². The Bertz CT molecular complexity index is 645. The average Bonchev–Trinajstić information content (AvgIpc) is 3.26. The first-order chi connectivity index (χ1) is 11.8. The van der Waals surface area contributed by atoms with Gasteiger partial charge in [-0.25, -0.2) is 4.98 Å². The lowest BCUT2D eigenvalue weighted by Gasteiger charge is -2.31. The highest BCUT2D eigenvalue weighted by atomic mass is 15.2. The summed E-state index contributed by atoms with van der Waals surface area (Å²) in [5, 5.41) is 0. The summed E-state index contributed by atoms with van der Waals surface area (Å²) in [7, 11) is 2.22. The van der Waals surface area contributed by atoms with Crippen molar-refractivity contribution in [1.82, 2.24) is 24.3 Å². The maximum atomic E-state index is 4.69. The van der Waals surface area contributed by atoms with Crippen LogP contribution in [0.5, 0.6) is 0 Å². The van der Waals surface area contributed by atoms with Gasteiger partial charge in [0.05, 0.1) is 18.3 Å². The summed E-state index contributed by atoms with van der Waals surface area (Å²) in [5.74, 6) is 1.22. The van der Waals surface area contributed by atoms with E-state index in [4.69, 9.17) is 0 Å². The molecule has 0 aliphatic carbocycles. The zero-order chi connectivity index (χ0) is 16.4. The molecule has 2 fully saturated rings. The van der Waals surface area contributed by atoms with Gasteiger partial charge in [0.2, 0.25) is 0 Å². The first kappa shape index (κ1) is 15.8. The van der Waals surface area contributed by atoms with Crippen LogP contribution in [0.2, 0.25) is 0 Å². The van der Waals surface area contributed by atoms with E-state index in [2.05, 4.69) is 49.7 Å². The van der Waals surface area contributed by atoms with E-state index in [1.807, 2.05) is 18.5 Å². The van der Waals surface area contributed by atoms with Crippen LogP contribution in [0.15, 0.2) is 36.8 Å². The van der Waals surface area contributed by atoms with Gasteiger partial charge in [-0.3, -0.25) is 9.88 Å². The lowest BCUT2D eigenvalue weighted by Crippen LogP contribution is -2.33. The number of likely N-dealkylation sites (tertiary alicyclic amines) is 2. The van der Waals surface area contributed by atoms with Crippen molar-refractivity contribution in [2.24, 2.45) is 0 Å². The Hall–Kier alpha value is -1.72. The predicted molar refractivity (Wildman–Crippen MR) is 94.6 cm³/mol. The molecule has 0 spiro atoms. The highest BCUT2D eigenvalue weighted by Crippen LogP contribution is 2.32. The van der Waals surface area contributed by atoms with Crippen LogP contribution in [0.4, 0.5) is 0 Å². The number of rotatable bonds is 4. The van der Waals surface area contributed by atoms with Crippen LogP contribution in [0.3, 0.4) is 0 Å². The van der Waals surface area contributed by atoms with Crippen LogP contribution < -0.4 is 0 Å². The van der Waals surface area contributed by atoms with Crippen LogP contribution in [-0.4, -0.2) is 51.0 Å². The molecule has 0 N–H and O–H groups in total. The van der Waals surface area contributed by atoms with E-state index in [0.717, 1.165) is 13.1 Å². The molecule has 2 saturated heterocycles. The molecule has 0 radical (unpaired) electrons. The highest BCUT2D eigenvalue weighted by Gasteiger charge is 2.29. The van der Waals surface area contributed by atoms with Crippen LogP contribution >= 0.6 is 0 Å². The Morgan fingerprint density at radius 1 is 1.04 bits per heavy atom. The normalized spacial score (nSPS) is 23.8. The van der Waals surface area contributed by atoms with Crippen molar-refractivity contribution in [3.05, 3.63) is 48.3 Å². The molecule has 1 atom stereocenters. The largest absolute Gasteiger partial charge is 0.331 e. The Kier molecular flexibility index (Phi) is 4.63. The molecular weight excluding hydrogens is 298 g/mol. The fourth-order valence-corrected chi connectivity index (χ4v) is 4.18. The molecule has 2 aliphatic rings. The van der Waals surface area contributed by atoms with E-state index in [1.165, 1.54) is 50.3 Å². The molecule has 2 aromatic rings. The Labute approximate surface area is 144 Å². The van der Waals surface area contributed by atoms with Gasteiger partial charge in [0.25, 0.3) is 0 Å². The Morgan fingerprint density at radius 3 is 2.71 bits per heavy atom. The van der Waals surface area contributed by atoms with Crippen molar-refractivity contribution in [3.8, 4) is 0 Å². The second kappa shape index (κ2) is 7.03. The summed E-state index contributed by atoms with van der Waals surface area (Å²) < 4.78 is 2.43. The van der Waals surface area contributed by atoms with Gasteiger partial charge < -0.3 is 9.47 Å². The molecule has 2 aliphatic heterocycles. The van der Waals surface area contributed by atoms with E-state index in [1.54, 1.807) is 0 Å². The molecule has 5 heteroatoms. The Balaban J connectivity index is 1.48. The number of piperidine rings is 1.